The van der Waals surface area contributed by atoms with Crippen LogP contribution in [0, 0.1) is 5.92 Å². The second kappa shape index (κ2) is 8.18. The molecule has 0 bridgehead atoms. The molecule has 1 rings (SSSR count). The quantitative estimate of drug-likeness (QED) is 0.781. The second-order valence-electron chi connectivity index (χ2n) is 5.17. The van der Waals surface area contributed by atoms with Crippen molar-refractivity contribution in [1.82, 2.24) is 5.32 Å². The van der Waals surface area contributed by atoms with E-state index in [0.29, 0.717) is 18.0 Å². The Labute approximate surface area is 117 Å². The van der Waals surface area contributed by atoms with Crippen LogP contribution in [0.3, 0.4) is 0 Å². The number of hydrogen-bond acceptors (Lipinski definition) is 3. The summed E-state index contributed by atoms with van der Waals surface area (Å²) >= 11 is 0. The van der Waals surface area contributed by atoms with E-state index in [0.717, 1.165) is 19.0 Å². The first-order valence-electron chi connectivity index (χ1n) is 7.06. The van der Waals surface area contributed by atoms with E-state index in [2.05, 4.69) is 38.2 Å². The molecule has 2 atom stereocenters. The maximum Gasteiger partial charge on any atom is 0.118 e. The van der Waals surface area contributed by atoms with Gasteiger partial charge in [-0.05, 0) is 37.5 Å². The maximum atomic E-state index is 5.55. The van der Waals surface area contributed by atoms with Crippen LogP contribution in [0.25, 0.3) is 0 Å². The van der Waals surface area contributed by atoms with Crippen molar-refractivity contribution < 1.29 is 9.47 Å². The predicted molar refractivity (Wildman–Crippen MR) is 79.7 cm³/mol. The third-order valence-electron chi connectivity index (χ3n) is 3.39. The van der Waals surface area contributed by atoms with Gasteiger partial charge in [0, 0.05) is 18.7 Å². The number of rotatable bonds is 8. The van der Waals surface area contributed by atoms with Gasteiger partial charge in [0.1, 0.15) is 5.75 Å². The highest BCUT2D eigenvalue weighted by molar-refractivity contribution is 5.28. The van der Waals surface area contributed by atoms with Gasteiger partial charge >= 0.3 is 0 Å². The minimum atomic E-state index is 0.304. The molecule has 0 heterocycles. The third-order valence-corrected chi connectivity index (χ3v) is 3.39. The molecule has 2 unspecified atom stereocenters. The molecule has 0 aromatic heterocycles. The Kier molecular flexibility index (Phi) is 6.89. The molecule has 0 fully saturated rings. The van der Waals surface area contributed by atoms with Crippen molar-refractivity contribution >= 4 is 0 Å². The SMILES string of the molecule is CCOCC(NC(C)c1ccc(OC)cc1)C(C)C. The maximum absolute atomic E-state index is 5.55. The van der Waals surface area contributed by atoms with E-state index in [9.17, 15) is 0 Å². The fourth-order valence-electron chi connectivity index (χ4n) is 1.99. The van der Waals surface area contributed by atoms with Gasteiger partial charge in [-0.2, -0.15) is 0 Å². The first kappa shape index (κ1) is 16.0. The average molecular weight is 265 g/mol. The highest BCUT2D eigenvalue weighted by Crippen LogP contribution is 2.18. The molecule has 0 amide bonds. The molecule has 0 saturated carbocycles. The first-order chi connectivity index (χ1) is 9.08. The topological polar surface area (TPSA) is 30.5 Å². The lowest BCUT2D eigenvalue weighted by Crippen LogP contribution is -2.39. The van der Waals surface area contributed by atoms with E-state index < -0.39 is 0 Å². The van der Waals surface area contributed by atoms with Crippen LogP contribution in [0.15, 0.2) is 24.3 Å². The van der Waals surface area contributed by atoms with E-state index in [4.69, 9.17) is 9.47 Å². The Morgan fingerprint density at radius 1 is 1.11 bits per heavy atom. The van der Waals surface area contributed by atoms with E-state index in [-0.39, 0.29) is 0 Å². The van der Waals surface area contributed by atoms with Crippen molar-refractivity contribution in [3.63, 3.8) is 0 Å². The van der Waals surface area contributed by atoms with Crippen LogP contribution < -0.4 is 10.1 Å². The van der Waals surface area contributed by atoms with Crippen LogP contribution in [0.1, 0.15) is 39.3 Å². The normalized spacial score (nSPS) is 14.4. The summed E-state index contributed by atoms with van der Waals surface area (Å²) in [5.41, 5.74) is 1.27. The highest BCUT2D eigenvalue weighted by atomic mass is 16.5. The van der Waals surface area contributed by atoms with Gasteiger partial charge in [0.25, 0.3) is 0 Å². The number of ether oxygens (including phenoxy) is 2. The summed E-state index contributed by atoms with van der Waals surface area (Å²) < 4.78 is 10.7. The lowest BCUT2D eigenvalue weighted by Gasteiger charge is -2.26. The molecule has 0 aliphatic carbocycles. The molecule has 108 valence electrons. The number of nitrogens with one attached hydrogen (secondary N) is 1. The van der Waals surface area contributed by atoms with Crippen LogP contribution >= 0.6 is 0 Å². The van der Waals surface area contributed by atoms with Gasteiger partial charge in [-0.15, -0.1) is 0 Å². The van der Waals surface area contributed by atoms with Gasteiger partial charge in [-0.25, -0.2) is 0 Å². The molecular formula is C16H27NO2. The number of hydrogen-bond donors (Lipinski definition) is 1. The standard InChI is InChI=1S/C16H27NO2/c1-6-19-11-16(12(2)3)17-13(4)14-7-9-15(18-5)10-8-14/h7-10,12-13,16-17H,6,11H2,1-5H3. The van der Waals surface area contributed by atoms with Crippen LogP contribution in [0.2, 0.25) is 0 Å². The Hall–Kier alpha value is -1.06. The molecule has 1 aromatic rings. The lowest BCUT2D eigenvalue weighted by molar-refractivity contribution is 0.104. The van der Waals surface area contributed by atoms with Crippen molar-refractivity contribution in [3.05, 3.63) is 29.8 Å². The van der Waals surface area contributed by atoms with Gasteiger partial charge in [-0.1, -0.05) is 26.0 Å². The fourth-order valence-corrected chi connectivity index (χ4v) is 1.99. The average Bonchev–Trinajstić information content (AvgIpc) is 2.43. The first-order valence-corrected chi connectivity index (χ1v) is 7.06. The summed E-state index contributed by atoms with van der Waals surface area (Å²) in [5, 5.41) is 3.64. The Morgan fingerprint density at radius 2 is 1.74 bits per heavy atom. The summed E-state index contributed by atoms with van der Waals surface area (Å²) in [7, 11) is 1.69. The van der Waals surface area contributed by atoms with Crippen LogP contribution in [-0.4, -0.2) is 26.4 Å². The summed E-state index contributed by atoms with van der Waals surface area (Å²) in [5.74, 6) is 1.44. The summed E-state index contributed by atoms with van der Waals surface area (Å²) in [6.07, 6.45) is 0. The molecule has 19 heavy (non-hydrogen) atoms. The van der Waals surface area contributed by atoms with E-state index >= 15 is 0 Å². The van der Waals surface area contributed by atoms with Gasteiger partial charge in [-0.3, -0.25) is 0 Å². The van der Waals surface area contributed by atoms with E-state index in [1.54, 1.807) is 7.11 Å². The molecule has 0 aliphatic heterocycles. The summed E-state index contributed by atoms with van der Waals surface area (Å²) in [4.78, 5) is 0. The Bertz CT molecular complexity index is 348. The monoisotopic (exact) mass is 265 g/mol. The minimum Gasteiger partial charge on any atom is -0.497 e. The van der Waals surface area contributed by atoms with Crippen molar-refractivity contribution in [3.8, 4) is 5.75 Å². The van der Waals surface area contributed by atoms with Gasteiger partial charge in [0.15, 0.2) is 0 Å². The zero-order valence-corrected chi connectivity index (χ0v) is 12.8. The zero-order valence-electron chi connectivity index (χ0n) is 12.8. The van der Waals surface area contributed by atoms with Crippen molar-refractivity contribution in [2.45, 2.75) is 39.8 Å². The molecule has 3 heteroatoms. The predicted octanol–water partition coefficient (Wildman–Crippen LogP) is 3.41. The molecule has 1 aromatic carbocycles. The smallest absolute Gasteiger partial charge is 0.118 e. The van der Waals surface area contributed by atoms with Crippen LogP contribution in [-0.2, 0) is 4.74 Å². The van der Waals surface area contributed by atoms with Gasteiger partial charge < -0.3 is 14.8 Å². The van der Waals surface area contributed by atoms with Gasteiger partial charge in [0.05, 0.1) is 13.7 Å². The third kappa shape index (κ3) is 5.21. The second-order valence-corrected chi connectivity index (χ2v) is 5.17. The molecular weight excluding hydrogens is 238 g/mol. The van der Waals surface area contributed by atoms with Gasteiger partial charge in [0.2, 0.25) is 0 Å². The molecule has 0 saturated heterocycles. The zero-order chi connectivity index (χ0) is 14.3. The molecule has 1 N–H and O–H groups in total. The fraction of sp³-hybridized carbons (Fsp3) is 0.625. The lowest BCUT2D eigenvalue weighted by atomic mass is 10.0. The minimum absolute atomic E-state index is 0.304. The summed E-state index contributed by atoms with van der Waals surface area (Å²) in [6.45, 7) is 10.2. The molecule has 0 spiro atoms. The molecule has 3 nitrogen and oxygen atoms in total. The highest BCUT2D eigenvalue weighted by Gasteiger charge is 2.16. The summed E-state index contributed by atoms with van der Waals surface area (Å²) in [6, 6.07) is 8.89. The Balaban J connectivity index is 2.61. The van der Waals surface area contributed by atoms with E-state index in [1.807, 2.05) is 19.1 Å². The number of benzene rings is 1. The van der Waals surface area contributed by atoms with Crippen molar-refractivity contribution in [2.75, 3.05) is 20.3 Å². The molecule has 0 radical (unpaired) electrons. The number of methoxy groups -OCH3 is 1. The molecule has 0 aliphatic rings. The van der Waals surface area contributed by atoms with Crippen molar-refractivity contribution in [2.24, 2.45) is 5.92 Å². The van der Waals surface area contributed by atoms with E-state index in [1.165, 1.54) is 5.56 Å². The largest absolute Gasteiger partial charge is 0.497 e. The van der Waals surface area contributed by atoms with Crippen LogP contribution in [0.5, 0.6) is 5.75 Å². The Morgan fingerprint density at radius 3 is 2.21 bits per heavy atom. The van der Waals surface area contributed by atoms with Crippen molar-refractivity contribution in [1.29, 1.82) is 0 Å². The van der Waals surface area contributed by atoms with Crippen LogP contribution in [0.4, 0.5) is 0 Å².